The second kappa shape index (κ2) is 7.00. The number of halogens is 2. The highest BCUT2D eigenvalue weighted by Crippen LogP contribution is 2.50. The molecule has 5 rings (SSSR count). The fourth-order valence-corrected chi connectivity index (χ4v) is 4.56. The van der Waals surface area contributed by atoms with Crippen molar-refractivity contribution in [2.45, 2.75) is 24.4 Å². The lowest BCUT2D eigenvalue weighted by atomic mass is 9.94. The van der Waals surface area contributed by atoms with Gasteiger partial charge in [0.05, 0.1) is 11.8 Å². The molecule has 1 atom stereocenters. The number of anilines is 2. The van der Waals surface area contributed by atoms with Crippen molar-refractivity contribution in [2.75, 3.05) is 10.2 Å². The van der Waals surface area contributed by atoms with E-state index in [-0.39, 0.29) is 17.6 Å². The fourth-order valence-electron chi connectivity index (χ4n) is 3.78. The molecule has 0 saturated heterocycles. The molecule has 1 amide bonds. The number of nitrogens with zero attached hydrogens (tertiary/aromatic N) is 2. The molecule has 1 aliphatic carbocycles. The summed E-state index contributed by atoms with van der Waals surface area (Å²) in [6.07, 6.45) is 2.33. The zero-order valence-electron chi connectivity index (χ0n) is 15.8. The van der Waals surface area contributed by atoms with E-state index in [1.807, 2.05) is 28.5 Å². The van der Waals surface area contributed by atoms with Gasteiger partial charge in [-0.15, -0.1) is 11.3 Å². The van der Waals surface area contributed by atoms with E-state index in [4.69, 9.17) is 5.73 Å². The average Bonchev–Trinajstić information content (AvgIpc) is 3.41. The molecule has 5 nitrogen and oxygen atoms in total. The SMILES string of the molecule is NC1c2ccsc2N=CN1c1ccc(NC(=O)C2(c3cc(F)ccc3F)CC2)cc1. The normalized spacial score (nSPS) is 18.8. The summed E-state index contributed by atoms with van der Waals surface area (Å²) in [4.78, 5) is 19.1. The lowest BCUT2D eigenvalue weighted by Crippen LogP contribution is -2.35. The summed E-state index contributed by atoms with van der Waals surface area (Å²) < 4.78 is 27.8. The summed E-state index contributed by atoms with van der Waals surface area (Å²) >= 11 is 1.54. The predicted molar refractivity (Wildman–Crippen MR) is 114 cm³/mol. The maximum atomic E-state index is 14.2. The maximum absolute atomic E-state index is 14.2. The van der Waals surface area contributed by atoms with Gasteiger partial charge in [-0.05, 0) is 66.8 Å². The first kappa shape index (κ1) is 18.9. The second-order valence-electron chi connectivity index (χ2n) is 7.49. The Morgan fingerprint density at radius 2 is 1.93 bits per heavy atom. The molecule has 1 aromatic heterocycles. The second-order valence-corrected chi connectivity index (χ2v) is 8.38. The van der Waals surface area contributed by atoms with Crippen molar-refractivity contribution >= 4 is 40.0 Å². The van der Waals surface area contributed by atoms with Crippen LogP contribution in [0.15, 0.2) is 58.9 Å². The van der Waals surface area contributed by atoms with Crippen molar-refractivity contribution in [3.63, 3.8) is 0 Å². The number of thiophene rings is 1. The van der Waals surface area contributed by atoms with Gasteiger partial charge in [0, 0.05) is 22.5 Å². The summed E-state index contributed by atoms with van der Waals surface area (Å²) in [5.41, 5.74) is 7.82. The van der Waals surface area contributed by atoms with E-state index < -0.39 is 17.0 Å². The third kappa shape index (κ3) is 3.09. The van der Waals surface area contributed by atoms with Gasteiger partial charge in [-0.3, -0.25) is 4.79 Å². The molecule has 2 aliphatic rings. The van der Waals surface area contributed by atoms with Crippen LogP contribution < -0.4 is 16.0 Å². The molecular formula is C22H18F2N4OS. The van der Waals surface area contributed by atoms with E-state index in [1.165, 1.54) is 0 Å². The summed E-state index contributed by atoms with van der Waals surface area (Å²) in [5.74, 6) is -1.45. The van der Waals surface area contributed by atoms with E-state index >= 15 is 0 Å². The predicted octanol–water partition coefficient (Wildman–Crippen LogP) is 4.83. The highest BCUT2D eigenvalue weighted by molar-refractivity contribution is 7.14. The van der Waals surface area contributed by atoms with Crippen LogP contribution in [-0.2, 0) is 10.2 Å². The van der Waals surface area contributed by atoms with Crippen molar-refractivity contribution in [3.8, 4) is 0 Å². The lowest BCUT2D eigenvalue weighted by molar-refractivity contribution is -0.118. The molecule has 1 aliphatic heterocycles. The van der Waals surface area contributed by atoms with E-state index in [9.17, 15) is 13.6 Å². The van der Waals surface area contributed by atoms with E-state index in [2.05, 4.69) is 10.3 Å². The Labute approximate surface area is 175 Å². The Morgan fingerprint density at radius 3 is 2.67 bits per heavy atom. The van der Waals surface area contributed by atoms with Crippen LogP contribution in [0.5, 0.6) is 0 Å². The van der Waals surface area contributed by atoms with Crippen LogP contribution in [-0.4, -0.2) is 12.2 Å². The van der Waals surface area contributed by atoms with Crippen LogP contribution in [0.25, 0.3) is 0 Å². The van der Waals surface area contributed by atoms with Gasteiger partial charge in [0.25, 0.3) is 0 Å². The monoisotopic (exact) mass is 424 g/mol. The third-order valence-electron chi connectivity index (χ3n) is 5.64. The van der Waals surface area contributed by atoms with Crippen molar-refractivity contribution in [1.29, 1.82) is 0 Å². The Bertz CT molecular complexity index is 1150. The molecule has 30 heavy (non-hydrogen) atoms. The third-order valence-corrected chi connectivity index (χ3v) is 6.48. The van der Waals surface area contributed by atoms with Gasteiger partial charge in [-0.2, -0.15) is 0 Å². The number of rotatable bonds is 4. The van der Waals surface area contributed by atoms with Crippen LogP contribution in [0.4, 0.5) is 25.2 Å². The molecule has 1 saturated carbocycles. The van der Waals surface area contributed by atoms with Gasteiger partial charge in [0.2, 0.25) is 5.91 Å². The zero-order valence-corrected chi connectivity index (χ0v) is 16.6. The first-order valence-electron chi connectivity index (χ1n) is 9.50. The van der Waals surface area contributed by atoms with E-state index in [0.717, 1.165) is 34.5 Å². The molecule has 0 bridgehead atoms. The van der Waals surface area contributed by atoms with Crippen molar-refractivity contribution in [1.82, 2.24) is 0 Å². The van der Waals surface area contributed by atoms with Gasteiger partial charge >= 0.3 is 0 Å². The van der Waals surface area contributed by atoms with Crippen LogP contribution in [0, 0.1) is 11.6 Å². The molecule has 8 heteroatoms. The molecule has 0 radical (unpaired) electrons. The number of aliphatic imine (C=N–C) groups is 1. The van der Waals surface area contributed by atoms with Crippen LogP contribution in [0.1, 0.15) is 30.1 Å². The molecular weight excluding hydrogens is 406 g/mol. The van der Waals surface area contributed by atoms with Crippen LogP contribution >= 0.6 is 11.3 Å². The van der Waals surface area contributed by atoms with Crippen LogP contribution in [0.2, 0.25) is 0 Å². The number of fused-ring (bicyclic) bond motifs is 1. The zero-order chi connectivity index (χ0) is 20.9. The molecule has 0 spiro atoms. The first-order chi connectivity index (χ1) is 14.5. The summed E-state index contributed by atoms with van der Waals surface area (Å²) in [5, 5.41) is 5.70. The van der Waals surface area contributed by atoms with E-state index in [1.54, 1.807) is 29.8 Å². The quantitative estimate of drug-likeness (QED) is 0.630. The molecule has 1 fully saturated rings. The number of hydrogen-bond acceptors (Lipinski definition) is 5. The first-order valence-corrected chi connectivity index (χ1v) is 10.4. The average molecular weight is 424 g/mol. The van der Waals surface area contributed by atoms with Gasteiger partial charge in [-0.1, -0.05) is 0 Å². The Kier molecular flexibility index (Phi) is 4.41. The molecule has 3 aromatic rings. The minimum atomic E-state index is -1.01. The highest BCUT2D eigenvalue weighted by Gasteiger charge is 2.53. The molecule has 2 aromatic carbocycles. The minimum Gasteiger partial charge on any atom is -0.325 e. The molecule has 2 heterocycles. The lowest BCUT2D eigenvalue weighted by Gasteiger charge is -2.29. The Morgan fingerprint density at radius 1 is 1.17 bits per heavy atom. The van der Waals surface area contributed by atoms with Gasteiger partial charge in [-0.25, -0.2) is 13.8 Å². The summed E-state index contributed by atoms with van der Waals surface area (Å²) in [6.45, 7) is 0. The van der Waals surface area contributed by atoms with Crippen molar-refractivity contribution in [2.24, 2.45) is 10.7 Å². The van der Waals surface area contributed by atoms with Crippen molar-refractivity contribution in [3.05, 3.63) is 76.7 Å². The van der Waals surface area contributed by atoms with E-state index in [0.29, 0.717) is 18.5 Å². The summed E-state index contributed by atoms with van der Waals surface area (Å²) in [6, 6.07) is 12.4. The van der Waals surface area contributed by atoms with Gasteiger partial charge < -0.3 is 16.0 Å². The molecule has 1 unspecified atom stereocenters. The molecule has 3 N–H and O–H groups in total. The largest absolute Gasteiger partial charge is 0.325 e. The Balaban J connectivity index is 1.33. The topological polar surface area (TPSA) is 70.7 Å². The number of carbonyl (C=O) groups is 1. The molecule has 152 valence electrons. The Hall–Kier alpha value is -3.10. The van der Waals surface area contributed by atoms with Gasteiger partial charge in [0.15, 0.2) is 0 Å². The van der Waals surface area contributed by atoms with Crippen molar-refractivity contribution < 1.29 is 13.6 Å². The standard InChI is InChI=1S/C22H18F2N4OS/c23-13-1-6-18(24)17(11-13)22(8-9-22)21(29)27-14-2-4-15(5-3-14)28-12-26-20-16(19(28)25)7-10-30-20/h1-7,10-12,19H,8-9,25H2,(H,27,29). The maximum Gasteiger partial charge on any atom is 0.235 e. The number of benzene rings is 2. The number of carbonyl (C=O) groups excluding carboxylic acids is 1. The minimum absolute atomic E-state index is 0.110. The number of nitrogens with one attached hydrogen (secondary N) is 1. The number of nitrogens with two attached hydrogens (primary N) is 1. The smallest absolute Gasteiger partial charge is 0.235 e. The number of hydrogen-bond donors (Lipinski definition) is 2. The summed E-state index contributed by atoms with van der Waals surface area (Å²) in [7, 11) is 0. The van der Waals surface area contributed by atoms with Gasteiger partial charge in [0.1, 0.15) is 22.8 Å². The fraction of sp³-hybridized carbons (Fsp3) is 0.182. The van der Waals surface area contributed by atoms with Crippen LogP contribution in [0.3, 0.4) is 0 Å². The highest BCUT2D eigenvalue weighted by atomic mass is 32.1. The number of amides is 1.